The van der Waals surface area contributed by atoms with E-state index in [0.717, 1.165) is 30.4 Å². The van der Waals surface area contributed by atoms with Crippen LogP contribution in [0.3, 0.4) is 0 Å². The van der Waals surface area contributed by atoms with E-state index in [2.05, 4.69) is 0 Å². The first-order valence-corrected chi connectivity index (χ1v) is 5.63. The van der Waals surface area contributed by atoms with E-state index in [-0.39, 0.29) is 11.9 Å². The molecule has 0 aromatic heterocycles. The monoisotopic (exact) mass is 220 g/mol. The molecule has 1 aliphatic rings. The summed E-state index contributed by atoms with van der Waals surface area (Å²) in [5, 5.41) is 0. The fourth-order valence-electron chi connectivity index (χ4n) is 2.11. The lowest BCUT2D eigenvalue weighted by Crippen LogP contribution is -2.30. The van der Waals surface area contributed by atoms with E-state index in [9.17, 15) is 4.39 Å². The van der Waals surface area contributed by atoms with Gasteiger partial charge in [0, 0.05) is 18.2 Å². The molecule has 0 radical (unpaired) electrons. The maximum Gasteiger partial charge on any atom is 0.130 e. The number of nitrogens with two attached hydrogens (primary N) is 2. The van der Waals surface area contributed by atoms with Crippen LogP contribution < -0.4 is 11.5 Å². The molecule has 0 aliphatic heterocycles. The zero-order valence-corrected chi connectivity index (χ0v) is 9.25. The molecule has 0 saturated heterocycles. The van der Waals surface area contributed by atoms with Crippen molar-refractivity contribution >= 4 is 6.08 Å². The molecule has 0 unspecified atom stereocenters. The molecule has 1 atom stereocenters. The summed E-state index contributed by atoms with van der Waals surface area (Å²) >= 11 is 0. The highest BCUT2D eigenvalue weighted by atomic mass is 19.1. The quantitative estimate of drug-likeness (QED) is 0.816. The van der Waals surface area contributed by atoms with E-state index < -0.39 is 0 Å². The number of hydrogen-bond donors (Lipinski definition) is 2. The average molecular weight is 220 g/mol. The highest BCUT2D eigenvalue weighted by Gasteiger charge is 2.14. The van der Waals surface area contributed by atoms with Crippen molar-refractivity contribution in [2.75, 3.05) is 6.54 Å². The van der Waals surface area contributed by atoms with Crippen molar-refractivity contribution in [2.24, 2.45) is 11.5 Å². The molecule has 16 heavy (non-hydrogen) atoms. The minimum atomic E-state index is -0.143. The van der Waals surface area contributed by atoms with Gasteiger partial charge in [0.1, 0.15) is 5.82 Å². The van der Waals surface area contributed by atoms with Crippen LogP contribution in [-0.4, -0.2) is 12.6 Å². The third-order valence-corrected chi connectivity index (χ3v) is 3.03. The largest absolute Gasteiger partial charge is 0.329 e. The molecule has 0 bridgehead atoms. The second-order valence-electron chi connectivity index (χ2n) is 4.32. The SMILES string of the molecule is NC[C@@H](N)CC1=Cc2c(F)cccc2CC1. The molecule has 0 amide bonds. The van der Waals surface area contributed by atoms with Gasteiger partial charge in [-0.1, -0.05) is 23.8 Å². The summed E-state index contributed by atoms with van der Waals surface area (Å²) in [5.74, 6) is -0.143. The lowest BCUT2D eigenvalue weighted by molar-refractivity contribution is 0.616. The van der Waals surface area contributed by atoms with Crippen molar-refractivity contribution < 1.29 is 4.39 Å². The van der Waals surface area contributed by atoms with Gasteiger partial charge < -0.3 is 11.5 Å². The molecule has 2 nitrogen and oxygen atoms in total. The summed E-state index contributed by atoms with van der Waals surface area (Å²) in [6, 6.07) is 5.23. The zero-order chi connectivity index (χ0) is 11.5. The Kier molecular flexibility index (Phi) is 3.36. The first-order valence-electron chi connectivity index (χ1n) is 5.63. The van der Waals surface area contributed by atoms with Crippen LogP contribution in [0.15, 0.2) is 23.8 Å². The maximum absolute atomic E-state index is 13.6. The van der Waals surface area contributed by atoms with Crippen LogP contribution in [0.1, 0.15) is 24.0 Å². The Morgan fingerprint density at radius 3 is 2.88 bits per heavy atom. The normalized spacial score (nSPS) is 16.6. The standard InChI is InChI=1S/C13H17FN2/c14-13-3-1-2-10-5-4-9(7-12(10)13)6-11(16)8-15/h1-3,7,11H,4-6,8,15-16H2/t11-/m0/s1. The van der Waals surface area contributed by atoms with Crippen LogP contribution in [-0.2, 0) is 6.42 Å². The second kappa shape index (κ2) is 4.76. The van der Waals surface area contributed by atoms with Crippen LogP contribution in [0.5, 0.6) is 0 Å². The number of rotatable bonds is 3. The van der Waals surface area contributed by atoms with Crippen molar-refractivity contribution in [1.29, 1.82) is 0 Å². The number of fused-ring (bicyclic) bond motifs is 1. The van der Waals surface area contributed by atoms with E-state index in [1.54, 1.807) is 6.07 Å². The Morgan fingerprint density at radius 1 is 1.31 bits per heavy atom. The Morgan fingerprint density at radius 2 is 2.12 bits per heavy atom. The van der Waals surface area contributed by atoms with Crippen LogP contribution >= 0.6 is 0 Å². The molecule has 1 aromatic carbocycles. The molecule has 2 rings (SSSR count). The number of halogens is 1. The summed E-state index contributed by atoms with van der Waals surface area (Å²) in [6.45, 7) is 0.474. The Hall–Kier alpha value is -1.19. The third-order valence-electron chi connectivity index (χ3n) is 3.03. The zero-order valence-electron chi connectivity index (χ0n) is 9.25. The van der Waals surface area contributed by atoms with E-state index in [0.29, 0.717) is 6.54 Å². The topological polar surface area (TPSA) is 52.0 Å². The van der Waals surface area contributed by atoms with Crippen molar-refractivity contribution in [1.82, 2.24) is 0 Å². The lowest BCUT2D eigenvalue weighted by Gasteiger charge is -2.19. The van der Waals surface area contributed by atoms with Gasteiger partial charge in [0.2, 0.25) is 0 Å². The van der Waals surface area contributed by atoms with Crippen molar-refractivity contribution in [3.63, 3.8) is 0 Å². The Balaban J connectivity index is 2.23. The molecule has 1 aliphatic carbocycles. The van der Waals surface area contributed by atoms with Gasteiger partial charge in [-0.25, -0.2) is 4.39 Å². The fraction of sp³-hybridized carbons (Fsp3) is 0.385. The van der Waals surface area contributed by atoms with Crippen molar-refractivity contribution in [3.8, 4) is 0 Å². The summed E-state index contributed by atoms with van der Waals surface area (Å²) < 4.78 is 13.6. The molecular formula is C13H17FN2. The van der Waals surface area contributed by atoms with E-state index in [4.69, 9.17) is 11.5 Å². The molecule has 4 N–H and O–H groups in total. The summed E-state index contributed by atoms with van der Waals surface area (Å²) in [6.07, 6.45) is 4.56. The van der Waals surface area contributed by atoms with E-state index in [1.165, 1.54) is 11.6 Å². The van der Waals surface area contributed by atoms with Gasteiger partial charge in [-0.2, -0.15) is 0 Å². The highest BCUT2D eigenvalue weighted by Crippen LogP contribution is 2.27. The van der Waals surface area contributed by atoms with Crippen molar-refractivity contribution in [2.45, 2.75) is 25.3 Å². The fourth-order valence-corrected chi connectivity index (χ4v) is 2.11. The first kappa shape index (κ1) is 11.3. The van der Waals surface area contributed by atoms with Gasteiger partial charge in [-0.05, 0) is 30.9 Å². The summed E-state index contributed by atoms with van der Waals surface area (Å²) in [4.78, 5) is 0. The predicted octanol–water partition coefficient (Wildman–Crippen LogP) is 1.83. The van der Waals surface area contributed by atoms with Crippen molar-refractivity contribution in [3.05, 3.63) is 40.7 Å². The van der Waals surface area contributed by atoms with Gasteiger partial charge in [-0.3, -0.25) is 0 Å². The molecule has 86 valence electrons. The minimum absolute atomic E-state index is 0.0143. The molecule has 0 heterocycles. The molecule has 0 fully saturated rings. The maximum atomic E-state index is 13.6. The smallest absolute Gasteiger partial charge is 0.130 e. The van der Waals surface area contributed by atoms with Crippen LogP contribution in [0, 0.1) is 5.82 Å². The van der Waals surface area contributed by atoms with Crippen LogP contribution in [0.4, 0.5) is 4.39 Å². The molecule has 0 spiro atoms. The van der Waals surface area contributed by atoms with Gasteiger partial charge in [0.15, 0.2) is 0 Å². The summed E-state index contributed by atoms with van der Waals surface area (Å²) in [5.41, 5.74) is 14.3. The molecule has 3 heteroatoms. The third kappa shape index (κ3) is 2.31. The van der Waals surface area contributed by atoms with Gasteiger partial charge in [0.05, 0.1) is 0 Å². The molecular weight excluding hydrogens is 203 g/mol. The van der Waals surface area contributed by atoms with E-state index >= 15 is 0 Å². The van der Waals surface area contributed by atoms with Gasteiger partial charge in [-0.15, -0.1) is 0 Å². The predicted molar refractivity (Wildman–Crippen MR) is 64.3 cm³/mol. The minimum Gasteiger partial charge on any atom is -0.329 e. The molecule has 0 saturated carbocycles. The number of hydrogen-bond acceptors (Lipinski definition) is 2. The second-order valence-corrected chi connectivity index (χ2v) is 4.32. The highest BCUT2D eigenvalue weighted by molar-refractivity contribution is 5.60. The number of aryl methyl sites for hydroxylation is 1. The van der Waals surface area contributed by atoms with Gasteiger partial charge >= 0.3 is 0 Å². The number of benzene rings is 1. The van der Waals surface area contributed by atoms with Crippen LogP contribution in [0.25, 0.3) is 6.08 Å². The molecule has 1 aromatic rings. The average Bonchev–Trinajstić information content (AvgIpc) is 2.30. The Bertz CT molecular complexity index is 412. The Labute approximate surface area is 95.1 Å². The van der Waals surface area contributed by atoms with Crippen LogP contribution in [0.2, 0.25) is 0 Å². The lowest BCUT2D eigenvalue weighted by atomic mass is 9.89. The van der Waals surface area contributed by atoms with E-state index in [1.807, 2.05) is 12.1 Å². The first-order chi connectivity index (χ1) is 7.70. The van der Waals surface area contributed by atoms with Gasteiger partial charge in [0.25, 0.3) is 0 Å². The summed E-state index contributed by atoms with van der Waals surface area (Å²) in [7, 11) is 0.